The number of hydrogen-bond acceptors (Lipinski definition) is 2. The third-order valence-corrected chi connectivity index (χ3v) is 2.73. The first-order valence-electron chi connectivity index (χ1n) is 5.76. The van der Waals surface area contributed by atoms with Crippen LogP contribution in [-0.2, 0) is 6.18 Å². The molecule has 0 spiro atoms. The van der Waals surface area contributed by atoms with Gasteiger partial charge in [0.25, 0.3) is 0 Å². The molecule has 2 aromatic carbocycles. The molecule has 0 aliphatic rings. The first-order chi connectivity index (χ1) is 9.84. The van der Waals surface area contributed by atoms with Gasteiger partial charge in [-0.2, -0.15) is 13.2 Å². The molecule has 0 aliphatic carbocycles. The fraction of sp³-hybridized carbons (Fsp3) is 0.0714. The molecule has 1 amide bonds. The molecule has 0 radical (unpaired) electrons. The third kappa shape index (κ3) is 4.39. The lowest BCUT2D eigenvalue weighted by Crippen LogP contribution is -2.16. The standard InChI is InChI=1S/C14H9ClF3NO2/c15-10-3-7-12(8-4-10)21-13(20)19-11-5-1-9(2-6-11)14(16,17)18/h1-8H,(H,19,20). The SMILES string of the molecule is O=C(Nc1ccc(C(F)(F)F)cc1)Oc1ccc(Cl)cc1. The highest BCUT2D eigenvalue weighted by Gasteiger charge is 2.29. The van der Waals surface area contributed by atoms with E-state index in [0.717, 1.165) is 24.3 Å². The van der Waals surface area contributed by atoms with Crippen molar-refractivity contribution in [2.75, 3.05) is 5.32 Å². The number of ether oxygens (including phenoxy) is 1. The highest BCUT2D eigenvalue weighted by molar-refractivity contribution is 6.30. The molecule has 0 fully saturated rings. The van der Waals surface area contributed by atoms with Crippen LogP contribution in [0.3, 0.4) is 0 Å². The van der Waals surface area contributed by atoms with Gasteiger partial charge in [-0.1, -0.05) is 11.6 Å². The lowest BCUT2D eigenvalue weighted by Gasteiger charge is -2.09. The van der Waals surface area contributed by atoms with Crippen molar-refractivity contribution in [3.05, 3.63) is 59.1 Å². The van der Waals surface area contributed by atoms with Gasteiger partial charge in [0, 0.05) is 10.7 Å². The second-order valence-corrected chi connectivity index (χ2v) is 4.48. The van der Waals surface area contributed by atoms with E-state index in [1.165, 1.54) is 12.1 Å². The second kappa shape index (κ2) is 6.05. The Morgan fingerprint density at radius 2 is 1.57 bits per heavy atom. The summed E-state index contributed by atoms with van der Waals surface area (Å²) >= 11 is 5.68. The fourth-order valence-corrected chi connectivity index (χ4v) is 1.62. The van der Waals surface area contributed by atoms with Crippen LogP contribution in [0.1, 0.15) is 5.56 Å². The lowest BCUT2D eigenvalue weighted by molar-refractivity contribution is -0.137. The summed E-state index contributed by atoms with van der Waals surface area (Å²) in [5, 5.41) is 2.81. The summed E-state index contributed by atoms with van der Waals surface area (Å²) in [5.41, 5.74) is -0.596. The lowest BCUT2D eigenvalue weighted by atomic mass is 10.2. The van der Waals surface area contributed by atoms with E-state index in [0.29, 0.717) is 5.02 Å². The van der Waals surface area contributed by atoms with Crippen molar-refractivity contribution in [2.24, 2.45) is 0 Å². The molecule has 0 atom stereocenters. The summed E-state index contributed by atoms with van der Waals surface area (Å²) in [6, 6.07) is 10.1. The smallest absolute Gasteiger partial charge is 0.410 e. The van der Waals surface area contributed by atoms with E-state index >= 15 is 0 Å². The summed E-state index contributed by atoms with van der Waals surface area (Å²) in [5.74, 6) is 0.267. The minimum Gasteiger partial charge on any atom is -0.410 e. The molecule has 2 aromatic rings. The van der Waals surface area contributed by atoms with Crippen LogP contribution in [0.5, 0.6) is 5.75 Å². The van der Waals surface area contributed by atoms with Gasteiger partial charge in [0.05, 0.1) is 5.56 Å². The van der Waals surface area contributed by atoms with Crippen LogP contribution in [0.2, 0.25) is 5.02 Å². The van der Waals surface area contributed by atoms with Crippen LogP contribution in [0.25, 0.3) is 0 Å². The number of rotatable bonds is 2. The van der Waals surface area contributed by atoms with E-state index in [2.05, 4.69) is 5.32 Å². The van der Waals surface area contributed by atoms with Crippen LogP contribution >= 0.6 is 11.6 Å². The minimum absolute atomic E-state index is 0.196. The Kier molecular flexibility index (Phi) is 4.37. The van der Waals surface area contributed by atoms with Crippen LogP contribution in [-0.4, -0.2) is 6.09 Å². The number of halogens is 4. The zero-order valence-electron chi connectivity index (χ0n) is 10.4. The number of carbonyl (C=O) groups is 1. The van der Waals surface area contributed by atoms with E-state index in [9.17, 15) is 18.0 Å². The molecule has 0 aromatic heterocycles. The Balaban J connectivity index is 1.98. The molecule has 21 heavy (non-hydrogen) atoms. The molecular formula is C14H9ClF3NO2. The number of carbonyl (C=O) groups excluding carboxylic acids is 1. The first-order valence-corrected chi connectivity index (χ1v) is 6.14. The van der Waals surface area contributed by atoms with E-state index in [4.69, 9.17) is 16.3 Å². The molecular weight excluding hydrogens is 307 g/mol. The number of nitrogens with one attached hydrogen (secondary N) is 1. The van der Waals surface area contributed by atoms with Gasteiger partial charge in [0.1, 0.15) is 5.75 Å². The molecule has 0 saturated carbocycles. The van der Waals surface area contributed by atoms with Crippen LogP contribution in [0.4, 0.5) is 23.7 Å². The Hall–Kier alpha value is -2.21. The number of anilines is 1. The molecule has 3 nitrogen and oxygen atoms in total. The van der Waals surface area contributed by atoms with Crippen molar-refractivity contribution in [3.8, 4) is 5.75 Å². The molecule has 0 unspecified atom stereocenters. The molecule has 0 bridgehead atoms. The number of amides is 1. The van der Waals surface area contributed by atoms with E-state index in [-0.39, 0.29) is 11.4 Å². The summed E-state index contributed by atoms with van der Waals surface area (Å²) in [4.78, 5) is 11.6. The van der Waals surface area contributed by atoms with Crippen molar-refractivity contribution >= 4 is 23.4 Å². The van der Waals surface area contributed by atoms with Gasteiger partial charge in [-0.25, -0.2) is 4.79 Å². The van der Waals surface area contributed by atoms with Gasteiger partial charge in [0.2, 0.25) is 0 Å². The minimum atomic E-state index is -4.41. The molecule has 0 saturated heterocycles. The molecule has 110 valence electrons. The van der Waals surface area contributed by atoms with Crippen LogP contribution in [0, 0.1) is 0 Å². The Bertz CT molecular complexity index is 624. The van der Waals surface area contributed by atoms with Crippen molar-refractivity contribution in [3.63, 3.8) is 0 Å². The number of benzene rings is 2. The zero-order valence-corrected chi connectivity index (χ0v) is 11.2. The predicted octanol–water partition coefficient (Wildman–Crippen LogP) is 4.97. The average molecular weight is 316 g/mol. The monoisotopic (exact) mass is 315 g/mol. The van der Waals surface area contributed by atoms with Gasteiger partial charge in [-0.05, 0) is 48.5 Å². The van der Waals surface area contributed by atoms with E-state index < -0.39 is 17.8 Å². The molecule has 0 aliphatic heterocycles. The number of alkyl halides is 3. The quantitative estimate of drug-likeness (QED) is 0.849. The maximum atomic E-state index is 12.4. The second-order valence-electron chi connectivity index (χ2n) is 4.04. The van der Waals surface area contributed by atoms with Gasteiger partial charge >= 0.3 is 12.3 Å². The molecule has 1 N–H and O–H groups in total. The number of hydrogen-bond donors (Lipinski definition) is 1. The summed E-state index contributed by atoms with van der Waals surface area (Å²) in [7, 11) is 0. The van der Waals surface area contributed by atoms with Gasteiger partial charge in [-0.15, -0.1) is 0 Å². The van der Waals surface area contributed by atoms with Gasteiger partial charge in [-0.3, -0.25) is 5.32 Å². The summed E-state index contributed by atoms with van der Waals surface area (Å²) in [6.45, 7) is 0. The van der Waals surface area contributed by atoms with E-state index in [1.54, 1.807) is 12.1 Å². The normalized spacial score (nSPS) is 11.0. The molecule has 7 heteroatoms. The Morgan fingerprint density at radius 1 is 1.00 bits per heavy atom. The summed E-state index contributed by atoms with van der Waals surface area (Å²) in [6.07, 6.45) is -5.22. The first kappa shape index (κ1) is 15.2. The fourth-order valence-electron chi connectivity index (χ4n) is 1.50. The molecule has 2 rings (SSSR count). The van der Waals surface area contributed by atoms with E-state index in [1.807, 2.05) is 0 Å². The highest BCUT2D eigenvalue weighted by atomic mass is 35.5. The maximum absolute atomic E-state index is 12.4. The Morgan fingerprint density at radius 3 is 2.10 bits per heavy atom. The van der Waals surface area contributed by atoms with Gasteiger partial charge < -0.3 is 4.74 Å². The zero-order chi connectivity index (χ0) is 15.5. The van der Waals surface area contributed by atoms with Gasteiger partial charge in [0.15, 0.2) is 0 Å². The topological polar surface area (TPSA) is 38.3 Å². The van der Waals surface area contributed by atoms with Crippen LogP contribution < -0.4 is 10.1 Å². The maximum Gasteiger partial charge on any atom is 0.417 e. The van der Waals surface area contributed by atoms with Crippen molar-refractivity contribution < 1.29 is 22.7 Å². The molecule has 0 heterocycles. The van der Waals surface area contributed by atoms with Crippen LogP contribution in [0.15, 0.2) is 48.5 Å². The van der Waals surface area contributed by atoms with Crippen molar-refractivity contribution in [2.45, 2.75) is 6.18 Å². The Labute approximate surface area is 123 Å². The highest BCUT2D eigenvalue weighted by Crippen LogP contribution is 2.29. The summed E-state index contributed by atoms with van der Waals surface area (Å²) < 4.78 is 42.1. The van der Waals surface area contributed by atoms with Crippen molar-refractivity contribution in [1.82, 2.24) is 0 Å². The average Bonchev–Trinajstić information content (AvgIpc) is 2.41. The van der Waals surface area contributed by atoms with Crippen molar-refractivity contribution in [1.29, 1.82) is 0 Å². The largest absolute Gasteiger partial charge is 0.417 e. The predicted molar refractivity (Wildman–Crippen MR) is 72.5 cm³/mol. The third-order valence-electron chi connectivity index (χ3n) is 2.48.